The van der Waals surface area contributed by atoms with Gasteiger partial charge in [0.25, 0.3) is 5.69 Å². The molecule has 2 aromatic carbocycles. The molecule has 1 amide bonds. The summed E-state index contributed by atoms with van der Waals surface area (Å²) in [5.41, 5.74) is 0.0709. The number of hydrogen-bond acceptors (Lipinski definition) is 5. The Kier molecular flexibility index (Phi) is 5.01. The van der Waals surface area contributed by atoms with Crippen molar-refractivity contribution >= 4 is 23.0 Å². The van der Waals surface area contributed by atoms with Gasteiger partial charge in [-0.3, -0.25) is 14.9 Å². The van der Waals surface area contributed by atoms with Gasteiger partial charge in [-0.05, 0) is 18.2 Å². The summed E-state index contributed by atoms with van der Waals surface area (Å²) in [7, 11) is 0. The Bertz CT molecular complexity index is 849. The van der Waals surface area contributed by atoms with Crippen LogP contribution in [0.5, 0.6) is 0 Å². The maximum atomic E-state index is 13.0. The second kappa shape index (κ2) is 7.15. The molecule has 122 valence electrons. The smallest absolute Gasteiger partial charge is 0.270 e. The summed E-state index contributed by atoms with van der Waals surface area (Å²) in [5.74, 6) is -2.69. The lowest BCUT2D eigenvalue weighted by Gasteiger charge is -2.09. The van der Waals surface area contributed by atoms with Crippen molar-refractivity contribution in [3.63, 3.8) is 0 Å². The molecule has 2 rings (SSSR count). The van der Waals surface area contributed by atoms with E-state index >= 15 is 0 Å². The molecule has 0 spiro atoms. The SMILES string of the molecule is N#Cc1cc([N+](=O)[O-])ccc1NCC(=O)Nc1ccc(F)c(F)c1. The second-order valence-corrected chi connectivity index (χ2v) is 4.63. The number of nitrogens with zero attached hydrogens (tertiary/aromatic N) is 2. The van der Waals surface area contributed by atoms with Crippen molar-refractivity contribution in [3.8, 4) is 6.07 Å². The average molecular weight is 332 g/mol. The van der Waals surface area contributed by atoms with E-state index in [4.69, 9.17) is 5.26 Å². The number of carbonyl (C=O) groups excluding carboxylic acids is 1. The fourth-order valence-corrected chi connectivity index (χ4v) is 1.85. The van der Waals surface area contributed by atoms with E-state index in [2.05, 4.69) is 10.6 Å². The molecule has 0 unspecified atom stereocenters. The maximum absolute atomic E-state index is 13.0. The lowest BCUT2D eigenvalue weighted by Crippen LogP contribution is -2.22. The molecule has 0 saturated heterocycles. The van der Waals surface area contributed by atoms with Crippen molar-refractivity contribution < 1.29 is 18.5 Å². The van der Waals surface area contributed by atoms with E-state index in [-0.39, 0.29) is 29.2 Å². The molecule has 24 heavy (non-hydrogen) atoms. The van der Waals surface area contributed by atoms with Gasteiger partial charge in [0.15, 0.2) is 11.6 Å². The van der Waals surface area contributed by atoms with E-state index in [9.17, 15) is 23.7 Å². The van der Waals surface area contributed by atoms with Gasteiger partial charge >= 0.3 is 0 Å². The molecule has 0 fully saturated rings. The van der Waals surface area contributed by atoms with Gasteiger partial charge in [-0.15, -0.1) is 0 Å². The third kappa shape index (κ3) is 4.01. The molecule has 0 aromatic heterocycles. The van der Waals surface area contributed by atoms with Gasteiger partial charge in [-0.25, -0.2) is 8.78 Å². The first-order chi connectivity index (χ1) is 11.4. The molecule has 0 heterocycles. The van der Waals surface area contributed by atoms with Crippen LogP contribution in [0.2, 0.25) is 0 Å². The Morgan fingerprint density at radius 1 is 1.21 bits per heavy atom. The van der Waals surface area contributed by atoms with Crippen molar-refractivity contribution in [2.45, 2.75) is 0 Å². The average Bonchev–Trinajstić information content (AvgIpc) is 2.56. The lowest BCUT2D eigenvalue weighted by atomic mass is 10.1. The highest BCUT2D eigenvalue weighted by Gasteiger charge is 2.12. The zero-order chi connectivity index (χ0) is 17.7. The Morgan fingerprint density at radius 3 is 2.58 bits per heavy atom. The number of nitro groups is 1. The van der Waals surface area contributed by atoms with E-state index in [1.807, 2.05) is 0 Å². The number of nitrogens with one attached hydrogen (secondary N) is 2. The zero-order valence-corrected chi connectivity index (χ0v) is 12.0. The first-order valence-corrected chi connectivity index (χ1v) is 6.58. The van der Waals surface area contributed by atoms with Crippen molar-refractivity contribution in [3.05, 3.63) is 63.7 Å². The van der Waals surface area contributed by atoms with E-state index in [0.29, 0.717) is 0 Å². The number of nitro benzene ring substituents is 1. The van der Waals surface area contributed by atoms with Crippen LogP contribution in [-0.2, 0) is 4.79 Å². The quantitative estimate of drug-likeness (QED) is 0.646. The minimum absolute atomic E-state index is 0.00447. The third-order valence-corrected chi connectivity index (χ3v) is 2.98. The summed E-state index contributed by atoms with van der Waals surface area (Å²) in [6.07, 6.45) is 0. The minimum Gasteiger partial charge on any atom is -0.375 e. The number of hydrogen-bond donors (Lipinski definition) is 2. The topological polar surface area (TPSA) is 108 Å². The summed E-state index contributed by atoms with van der Waals surface area (Å²) in [4.78, 5) is 21.8. The second-order valence-electron chi connectivity index (χ2n) is 4.63. The predicted molar refractivity (Wildman–Crippen MR) is 81.3 cm³/mol. The van der Waals surface area contributed by atoms with Crippen LogP contribution < -0.4 is 10.6 Å². The molecular formula is C15H10F2N4O3. The van der Waals surface area contributed by atoms with Crippen LogP contribution in [-0.4, -0.2) is 17.4 Å². The van der Waals surface area contributed by atoms with Gasteiger partial charge in [0.2, 0.25) is 5.91 Å². The summed E-state index contributed by atoms with van der Waals surface area (Å²) in [6.45, 7) is -0.272. The Balaban J connectivity index is 2.02. The largest absolute Gasteiger partial charge is 0.375 e. The first-order valence-electron chi connectivity index (χ1n) is 6.58. The van der Waals surface area contributed by atoms with E-state index in [1.165, 1.54) is 18.2 Å². The molecule has 2 N–H and O–H groups in total. The number of benzene rings is 2. The van der Waals surface area contributed by atoms with Crippen molar-refractivity contribution in [1.29, 1.82) is 5.26 Å². The van der Waals surface area contributed by atoms with Crippen LogP contribution in [0.4, 0.5) is 25.8 Å². The van der Waals surface area contributed by atoms with Crippen molar-refractivity contribution in [2.75, 3.05) is 17.2 Å². The van der Waals surface area contributed by atoms with E-state index in [1.54, 1.807) is 6.07 Å². The lowest BCUT2D eigenvalue weighted by molar-refractivity contribution is -0.384. The standard InChI is InChI=1S/C15H10F2N4O3/c16-12-3-1-10(6-13(12)17)20-15(22)8-19-14-4-2-11(21(23)24)5-9(14)7-18/h1-6,19H,8H2,(H,20,22). The normalized spacial score (nSPS) is 9.88. The van der Waals surface area contributed by atoms with E-state index < -0.39 is 22.5 Å². The summed E-state index contributed by atoms with van der Waals surface area (Å²) >= 11 is 0. The molecule has 7 nitrogen and oxygen atoms in total. The van der Waals surface area contributed by atoms with Gasteiger partial charge in [0, 0.05) is 23.9 Å². The van der Waals surface area contributed by atoms with E-state index in [0.717, 1.165) is 18.2 Å². The number of halogens is 2. The number of rotatable bonds is 5. The monoisotopic (exact) mass is 332 g/mol. The Hall–Kier alpha value is -3.54. The van der Waals surface area contributed by atoms with Crippen LogP contribution in [0.3, 0.4) is 0 Å². The maximum Gasteiger partial charge on any atom is 0.270 e. The Morgan fingerprint density at radius 2 is 1.96 bits per heavy atom. The molecule has 0 bridgehead atoms. The van der Waals surface area contributed by atoms with Gasteiger partial charge in [0.05, 0.1) is 22.7 Å². The molecule has 0 aliphatic heterocycles. The summed E-state index contributed by atoms with van der Waals surface area (Å²) in [5, 5.41) is 24.6. The fraction of sp³-hybridized carbons (Fsp3) is 0.0667. The number of non-ortho nitro benzene ring substituents is 1. The minimum atomic E-state index is -1.09. The zero-order valence-electron chi connectivity index (χ0n) is 12.0. The van der Waals surface area contributed by atoms with Crippen LogP contribution in [0.15, 0.2) is 36.4 Å². The van der Waals surface area contributed by atoms with Crippen LogP contribution in [0.1, 0.15) is 5.56 Å². The molecular weight excluding hydrogens is 322 g/mol. The fourth-order valence-electron chi connectivity index (χ4n) is 1.85. The highest BCUT2D eigenvalue weighted by molar-refractivity contribution is 5.93. The third-order valence-electron chi connectivity index (χ3n) is 2.98. The first kappa shape index (κ1) is 16.8. The van der Waals surface area contributed by atoms with Gasteiger partial charge < -0.3 is 10.6 Å². The van der Waals surface area contributed by atoms with Crippen LogP contribution in [0, 0.1) is 33.1 Å². The van der Waals surface area contributed by atoms with Crippen molar-refractivity contribution in [2.24, 2.45) is 0 Å². The summed E-state index contributed by atoms with van der Waals surface area (Å²) < 4.78 is 25.8. The molecule has 9 heteroatoms. The number of nitriles is 1. The number of anilines is 2. The molecule has 0 aliphatic carbocycles. The van der Waals surface area contributed by atoms with Gasteiger partial charge in [0.1, 0.15) is 6.07 Å². The van der Waals surface area contributed by atoms with Crippen LogP contribution in [0.25, 0.3) is 0 Å². The summed E-state index contributed by atoms with van der Waals surface area (Å²) in [6, 6.07) is 8.27. The molecule has 0 atom stereocenters. The van der Waals surface area contributed by atoms with Crippen LogP contribution >= 0.6 is 0 Å². The highest BCUT2D eigenvalue weighted by Crippen LogP contribution is 2.21. The Labute approximate surface area is 134 Å². The molecule has 0 saturated carbocycles. The highest BCUT2D eigenvalue weighted by atomic mass is 19.2. The van der Waals surface area contributed by atoms with Crippen molar-refractivity contribution in [1.82, 2.24) is 0 Å². The molecule has 0 aliphatic rings. The van der Waals surface area contributed by atoms with Gasteiger partial charge in [-0.1, -0.05) is 0 Å². The number of amides is 1. The molecule has 2 aromatic rings. The predicted octanol–water partition coefficient (Wildman–Crippen LogP) is 2.80. The van der Waals surface area contributed by atoms with Gasteiger partial charge in [-0.2, -0.15) is 5.26 Å². The number of carbonyl (C=O) groups is 1. The molecule has 0 radical (unpaired) electrons.